The molecule has 18 heavy (non-hydrogen) atoms. The maximum Gasteiger partial charge on any atom is 0.235 e. The molecule has 0 aromatic rings. The number of rotatable bonds is 7. The van der Waals surface area contributed by atoms with Crippen LogP contribution in [0.25, 0.3) is 0 Å². The minimum Gasteiger partial charge on any atom is -0.341 e. The van der Waals surface area contributed by atoms with E-state index in [-0.39, 0.29) is 5.25 Å². The predicted molar refractivity (Wildman–Crippen MR) is 81.0 cm³/mol. The zero-order valence-electron chi connectivity index (χ0n) is 12.3. The minimum atomic E-state index is 0.215. The molecule has 1 aliphatic heterocycles. The highest BCUT2D eigenvalue weighted by Crippen LogP contribution is 2.23. The third-order valence-corrected chi connectivity index (χ3v) is 4.85. The summed E-state index contributed by atoms with van der Waals surface area (Å²) in [7, 11) is 0. The molecular formula is C15H29NOS. The summed E-state index contributed by atoms with van der Waals surface area (Å²) < 4.78 is 0. The van der Waals surface area contributed by atoms with Crippen molar-refractivity contribution in [2.24, 2.45) is 5.92 Å². The van der Waals surface area contributed by atoms with Crippen molar-refractivity contribution in [3.05, 3.63) is 0 Å². The SMILES string of the molecule is CCCCCC(SCC)C(=O)N1CCCC(C)C1. The molecule has 1 fully saturated rings. The van der Waals surface area contributed by atoms with Gasteiger partial charge in [0, 0.05) is 13.1 Å². The molecule has 1 saturated heterocycles. The lowest BCUT2D eigenvalue weighted by molar-refractivity contribution is -0.132. The largest absolute Gasteiger partial charge is 0.341 e. The van der Waals surface area contributed by atoms with Gasteiger partial charge in [-0.3, -0.25) is 4.79 Å². The van der Waals surface area contributed by atoms with Crippen molar-refractivity contribution < 1.29 is 4.79 Å². The van der Waals surface area contributed by atoms with E-state index in [9.17, 15) is 4.79 Å². The number of amides is 1. The van der Waals surface area contributed by atoms with Crippen LogP contribution < -0.4 is 0 Å². The number of thioether (sulfide) groups is 1. The monoisotopic (exact) mass is 271 g/mol. The highest BCUT2D eigenvalue weighted by molar-refractivity contribution is 8.00. The Hall–Kier alpha value is -0.180. The summed E-state index contributed by atoms with van der Waals surface area (Å²) in [6.45, 7) is 8.60. The number of hydrogen-bond acceptors (Lipinski definition) is 2. The molecule has 2 nitrogen and oxygen atoms in total. The average molecular weight is 271 g/mol. The number of carbonyl (C=O) groups is 1. The summed E-state index contributed by atoms with van der Waals surface area (Å²) in [5.41, 5.74) is 0. The average Bonchev–Trinajstić information content (AvgIpc) is 2.37. The molecule has 1 heterocycles. The number of carbonyl (C=O) groups excluding carboxylic acids is 1. The van der Waals surface area contributed by atoms with Crippen molar-refractivity contribution in [2.45, 2.75) is 64.5 Å². The lowest BCUT2D eigenvalue weighted by Gasteiger charge is -2.33. The summed E-state index contributed by atoms with van der Waals surface area (Å²) >= 11 is 1.84. The van der Waals surface area contributed by atoms with Gasteiger partial charge in [0.05, 0.1) is 5.25 Å². The van der Waals surface area contributed by atoms with Crippen LogP contribution in [0.15, 0.2) is 0 Å². The Morgan fingerprint density at radius 2 is 2.17 bits per heavy atom. The van der Waals surface area contributed by atoms with Gasteiger partial charge in [0.25, 0.3) is 0 Å². The minimum absolute atomic E-state index is 0.215. The van der Waals surface area contributed by atoms with E-state index in [2.05, 4.69) is 25.7 Å². The lowest BCUT2D eigenvalue weighted by atomic mass is 9.99. The van der Waals surface area contributed by atoms with Crippen LogP contribution >= 0.6 is 11.8 Å². The first kappa shape index (κ1) is 15.9. The molecule has 1 rings (SSSR count). The Morgan fingerprint density at radius 1 is 1.39 bits per heavy atom. The zero-order valence-corrected chi connectivity index (χ0v) is 13.1. The second kappa shape index (κ2) is 8.84. The molecule has 0 aliphatic carbocycles. The number of unbranched alkanes of at least 4 members (excludes halogenated alkanes) is 2. The molecule has 0 aromatic carbocycles. The van der Waals surface area contributed by atoms with Crippen molar-refractivity contribution in [2.75, 3.05) is 18.8 Å². The van der Waals surface area contributed by atoms with Crippen molar-refractivity contribution in [1.29, 1.82) is 0 Å². The van der Waals surface area contributed by atoms with Crippen molar-refractivity contribution in [1.82, 2.24) is 4.90 Å². The maximum atomic E-state index is 12.5. The maximum absolute atomic E-state index is 12.5. The van der Waals surface area contributed by atoms with E-state index in [0.29, 0.717) is 11.8 Å². The summed E-state index contributed by atoms with van der Waals surface area (Å²) in [6.07, 6.45) is 7.22. The second-order valence-electron chi connectivity index (χ2n) is 5.47. The van der Waals surface area contributed by atoms with Gasteiger partial charge >= 0.3 is 0 Å². The fourth-order valence-electron chi connectivity index (χ4n) is 2.65. The molecule has 0 aromatic heterocycles. The van der Waals surface area contributed by atoms with Gasteiger partial charge < -0.3 is 4.90 Å². The van der Waals surface area contributed by atoms with E-state index < -0.39 is 0 Å². The highest BCUT2D eigenvalue weighted by atomic mass is 32.2. The van der Waals surface area contributed by atoms with Crippen LogP contribution in [-0.4, -0.2) is 34.9 Å². The van der Waals surface area contributed by atoms with Gasteiger partial charge in [0.15, 0.2) is 0 Å². The van der Waals surface area contributed by atoms with Gasteiger partial charge in [-0.25, -0.2) is 0 Å². The first-order valence-corrected chi connectivity index (χ1v) is 8.64. The molecule has 0 N–H and O–H groups in total. The summed E-state index contributed by atoms with van der Waals surface area (Å²) in [5, 5.41) is 0.215. The van der Waals surface area contributed by atoms with Crippen LogP contribution in [0.4, 0.5) is 0 Å². The molecule has 1 amide bonds. The van der Waals surface area contributed by atoms with Crippen LogP contribution in [-0.2, 0) is 4.79 Å². The molecule has 0 bridgehead atoms. The van der Waals surface area contributed by atoms with E-state index in [1.807, 2.05) is 11.8 Å². The highest BCUT2D eigenvalue weighted by Gasteiger charge is 2.27. The van der Waals surface area contributed by atoms with E-state index >= 15 is 0 Å². The molecule has 0 radical (unpaired) electrons. The second-order valence-corrected chi connectivity index (χ2v) is 6.95. The van der Waals surface area contributed by atoms with E-state index in [4.69, 9.17) is 0 Å². The molecule has 106 valence electrons. The first-order chi connectivity index (χ1) is 8.69. The third-order valence-electron chi connectivity index (χ3n) is 3.68. The molecule has 0 spiro atoms. The quantitative estimate of drug-likeness (QED) is 0.654. The van der Waals surface area contributed by atoms with Gasteiger partial charge in [0.1, 0.15) is 0 Å². The topological polar surface area (TPSA) is 20.3 Å². The van der Waals surface area contributed by atoms with Crippen molar-refractivity contribution in [3.63, 3.8) is 0 Å². The Morgan fingerprint density at radius 3 is 2.78 bits per heavy atom. The molecule has 2 atom stereocenters. The molecule has 2 unspecified atom stereocenters. The van der Waals surface area contributed by atoms with Crippen LogP contribution in [0.1, 0.15) is 59.3 Å². The number of likely N-dealkylation sites (tertiary alicyclic amines) is 1. The summed E-state index contributed by atoms with van der Waals surface area (Å²) in [4.78, 5) is 14.7. The molecule has 1 aliphatic rings. The van der Waals surface area contributed by atoms with Crippen LogP contribution in [0.5, 0.6) is 0 Å². The Labute approximate surface area is 117 Å². The molecular weight excluding hydrogens is 242 g/mol. The van der Waals surface area contributed by atoms with Crippen molar-refractivity contribution >= 4 is 17.7 Å². The number of piperidine rings is 1. The standard InChI is InChI=1S/C15H29NOS/c1-4-6-7-10-14(18-5-2)15(17)16-11-8-9-13(3)12-16/h13-14H,4-12H2,1-3H3. The third kappa shape index (κ3) is 5.21. The lowest BCUT2D eigenvalue weighted by Crippen LogP contribution is -2.43. The smallest absolute Gasteiger partial charge is 0.235 e. The van der Waals surface area contributed by atoms with Gasteiger partial charge in [0.2, 0.25) is 5.91 Å². The number of hydrogen-bond donors (Lipinski definition) is 0. The Kier molecular flexibility index (Phi) is 7.80. The molecule has 3 heteroatoms. The van der Waals surface area contributed by atoms with E-state index in [1.54, 1.807) is 0 Å². The Balaban J connectivity index is 2.46. The van der Waals surface area contributed by atoms with Gasteiger partial charge in [-0.15, -0.1) is 11.8 Å². The van der Waals surface area contributed by atoms with Crippen molar-refractivity contribution in [3.8, 4) is 0 Å². The fourth-order valence-corrected chi connectivity index (χ4v) is 3.68. The summed E-state index contributed by atoms with van der Waals surface area (Å²) in [6, 6.07) is 0. The Bertz CT molecular complexity index is 245. The van der Waals surface area contributed by atoms with E-state index in [0.717, 1.165) is 25.3 Å². The normalized spacial score (nSPS) is 21.9. The van der Waals surface area contributed by atoms with Crippen LogP contribution in [0, 0.1) is 5.92 Å². The fraction of sp³-hybridized carbons (Fsp3) is 0.933. The predicted octanol–water partition coefficient (Wildman–Crippen LogP) is 3.95. The molecule has 0 saturated carbocycles. The first-order valence-electron chi connectivity index (χ1n) is 7.59. The number of nitrogens with zero attached hydrogens (tertiary/aromatic N) is 1. The van der Waals surface area contributed by atoms with Gasteiger partial charge in [-0.1, -0.05) is 40.0 Å². The van der Waals surface area contributed by atoms with Gasteiger partial charge in [-0.2, -0.15) is 0 Å². The van der Waals surface area contributed by atoms with Gasteiger partial charge in [-0.05, 0) is 30.9 Å². The zero-order chi connectivity index (χ0) is 13.4. The van der Waals surface area contributed by atoms with E-state index in [1.165, 1.54) is 32.1 Å². The summed E-state index contributed by atoms with van der Waals surface area (Å²) in [5.74, 6) is 2.14. The van der Waals surface area contributed by atoms with Crippen LogP contribution in [0.2, 0.25) is 0 Å². The van der Waals surface area contributed by atoms with Crippen LogP contribution in [0.3, 0.4) is 0 Å².